The lowest BCUT2D eigenvalue weighted by molar-refractivity contribution is 0.277. The Morgan fingerprint density at radius 2 is 1.86 bits per heavy atom. The predicted molar refractivity (Wildman–Crippen MR) is 137 cm³/mol. The molecule has 1 aliphatic heterocycles. The fourth-order valence-electron chi connectivity index (χ4n) is 4.58. The zero-order valence-corrected chi connectivity index (χ0v) is 21.1. The van der Waals surface area contributed by atoms with Gasteiger partial charge in [0.05, 0.1) is 17.9 Å². The molecular weight excluding hydrogens is 480 g/mol. The van der Waals surface area contributed by atoms with Gasteiger partial charge in [0.2, 0.25) is 5.95 Å². The molecule has 1 saturated heterocycles. The number of nitrogens with two attached hydrogens (primary N) is 1. The van der Waals surface area contributed by atoms with Crippen LogP contribution in [0.2, 0.25) is 0 Å². The molecule has 3 aromatic rings. The Bertz CT molecular complexity index is 1180. The highest BCUT2D eigenvalue weighted by atomic mass is 19.1. The number of H-pyrrole nitrogens is 1. The standard InChI is InChI=1S/C26H33F2N7O2/c1-16(2)10-19-11-23(33-32-19)18-14-30-26(31-15-18)35-7-5-17(6-8-35)4-3-9-37-20-12-21(27)24(22(28)13-20)25(29)34-36/h11-17,36H,3-10H2,1-2H3,(H2,29,34)(H,32,33). The largest absolute Gasteiger partial charge is 0.493 e. The van der Waals surface area contributed by atoms with Gasteiger partial charge in [-0.2, -0.15) is 5.10 Å². The van der Waals surface area contributed by atoms with Gasteiger partial charge in [0, 0.05) is 48.9 Å². The maximum absolute atomic E-state index is 14.1. The zero-order chi connectivity index (χ0) is 26.4. The van der Waals surface area contributed by atoms with Crippen molar-refractivity contribution in [3.05, 3.63) is 53.5 Å². The fourth-order valence-corrected chi connectivity index (χ4v) is 4.58. The molecule has 11 heteroatoms. The number of oxime groups is 1. The molecular formula is C26H33F2N7O2. The summed E-state index contributed by atoms with van der Waals surface area (Å²) in [5.41, 5.74) is 7.59. The van der Waals surface area contributed by atoms with Crippen LogP contribution in [0.5, 0.6) is 5.75 Å². The molecule has 2 aromatic heterocycles. The average Bonchev–Trinajstić information content (AvgIpc) is 3.34. The monoisotopic (exact) mass is 513 g/mol. The topological polar surface area (TPSA) is 126 Å². The van der Waals surface area contributed by atoms with Gasteiger partial charge in [-0.1, -0.05) is 19.0 Å². The number of aromatic amines is 1. The van der Waals surface area contributed by atoms with Crippen LogP contribution in [0.4, 0.5) is 14.7 Å². The number of hydrogen-bond acceptors (Lipinski definition) is 7. The SMILES string of the molecule is CC(C)Cc1cc(-c2cnc(N3CCC(CCCOc4cc(F)c(/C(N)=N/O)c(F)c4)CC3)nc2)n[nH]1. The van der Waals surface area contributed by atoms with Crippen molar-refractivity contribution in [2.24, 2.45) is 22.7 Å². The number of piperidine rings is 1. The van der Waals surface area contributed by atoms with Gasteiger partial charge in [-0.3, -0.25) is 5.10 Å². The summed E-state index contributed by atoms with van der Waals surface area (Å²) in [6.07, 6.45) is 8.35. The number of hydrogen-bond donors (Lipinski definition) is 3. The summed E-state index contributed by atoms with van der Waals surface area (Å²) in [5.74, 6) is -0.598. The lowest BCUT2D eigenvalue weighted by atomic mass is 9.92. The summed E-state index contributed by atoms with van der Waals surface area (Å²) in [6.45, 7) is 6.44. The minimum Gasteiger partial charge on any atom is -0.493 e. The number of amidine groups is 1. The third-order valence-corrected chi connectivity index (χ3v) is 6.50. The maximum Gasteiger partial charge on any atom is 0.225 e. The van der Waals surface area contributed by atoms with Gasteiger partial charge in [0.25, 0.3) is 0 Å². The quantitative estimate of drug-likeness (QED) is 0.120. The normalized spacial score (nSPS) is 14.9. The molecule has 37 heavy (non-hydrogen) atoms. The molecule has 0 atom stereocenters. The molecule has 0 radical (unpaired) electrons. The van der Waals surface area contributed by atoms with E-state index in [1.54, 1.807) is 0 Å². The van der Waals surface area contributed by atoms with Crippen molar-refractivity contribution in [1.82, 2.24) is 20.2 Å². The van der Waals surface area contributed by atoms with Crippen molar-refractivity contribution in [3.63, 3.8) is 0 Å². The molecule has 0 unspecified atom stereocenters. The molecule has 3 heterocycles. The predicted octanol–water partition coefficient (Wildman–Crippen LogP) is 4.51. The second-order valence-corrected chi connectivity index (χ2v) is 9.82. The number of anilines is 1. The Balaban J connectivity index is 1.20. The Morgan fingerprint density at radius 3 is 2.49 bits per heavy atom. The summed E-state index contributed by atoms with van der Waals surface area (Å²) < 4.78 is 33.7. The van der Waals surface area contributed by atoms with Gasteiger partial charge in [0.1, 0.15) is 17.4 Å². The van der Waals surface area contributed by atoms with Gasteiger partial charge >= 0.3 is 0 Å². The number of nitrogens with one attached hydrogen (secondary N) is 1. The minimum absolute atomic E-state index is 0.0749. The van der Waals surface area contributed by atoms with Crippen LogP contribution in [0.15, 0.2) is 35.7 Å². The number of aromatic nitrogens is 4. The average molecular weight is 514 g/mol. The van der Waals surface area contributed by atoms with Crippen LogP contribution < -0.4 is 15.4 Å². The van der Waals surface area contributed by atoms with E-state index in [4.69, 9.17) is 15.7 Å². The molecule has 0 amide bonds. The molecule has 4 rings (SSSR count). The molecule has 0 bridgehead atoms. The van der Waals surface area contributed by atoms with Crippen molar-refractivity contribution in [3.8, 4) is 17.0 Å². The van der Waals surface area contributed by atoms with Crippen molar-refractivity contribution in [2.75, 3.05) is 24.6 Å². The summed E-state index contributed by atoms with van der Waals surface area (Å²) in [6, 6.07) is 4.13. The van der Waals surface area contributed by atoms with Gasteiger partial charge in [-0.05, 0) is 50.0 Å². The van der Waals surface area contributed by atoms with Crippen molar-refractivity contribution >= 4 is 11.8 Å². The number of halogens is 2. The molecule has 0 spiro atoms. The highest BCUT2D eigenvalue weighted by Crippen LogP contribution is 2.26. The van der Waals surface area contributed by atoms with Crippen LogP contribution >= 0.6 is 0 Å². The highest BCUT2D eigenvalue weighted by molar-refractivity contribution is 5.97. The summed E-state index contributed by atoms with van der Waals surface area (Å²) >= 11 is 0. The van der Waals surface area contributed by atoms with Gasteiger partial charge in [0.15, 0.2) is 5.84 Å². The van der Waals surface area contributed by atoms with E-state index in [1.165, 1.54) is 0 Å². The van der Waals surface area contributed by atoms with Crippen LogP contribution in [0, 0.1) is 23.5 Å². The lowest BCUT2D eigenvalue weighted by Gasteiger charge is -2.32. The Kier molecular flexibility index (Phi) is 8.52. The first-order chi connectivity index (χ1) is 17.8. The van der Waals surface area contributed by atoms with Gasteiger partial charge < -0.3 is 20.6 Å². The second-order valence-electron chi connectivity index (χ2n) is 9.82. The van der Waals surface area contributed by atoms with Crippen LogP contribution in [0.3, 0.4) is 0 Å². The Hall–Kier alpha value is -3.76. The third kappa shape index (κ3) is 6.72. The third-order valence-electron chi connectivity index (χ3n) is 6.50. The molecule has 0 saturated carbocycles. The molecule has 0 aliphatic carbocycles. The van der Waals surface area contributed by atoms with Crippen molar-refractivity contribution in [1.29, 1.82) is 0 Å². The van der Waals surface area contributed by atoms with Crippen molar-refractivity contribution < 1.29 is 18.7 Å². The molecule has 4 N–H and O–H groups in total. The number of rotatable bonds is 10. The Labute approximate surface area is 214 Å². The van der Waals surface area contributed by atoms with Crippen molar-refractivity contribution in [2.45, 2.75) is 46.0 Å². The highest BCUT2D eigenvalue weighted by Gasteiger charge is 2.21. The summed E-state index contributed by atoms with van der Waals surface area (Å²) in [5, 5.41) is 18.8. The van der Waals surface area contributed by atoms with Crippen LogP contribution in [-0.2, 0) is 6.42 Å². The summed E-state index contributed by atoms with van der Waals surface area (Å²) in [7, 11) is 0. The van der Waals surface area contributed by atoms with E-state index in [0.29, 0.717) is 18.4 Å². The smallest absolute Gasteiger partial charge is 0.225 e. The van der Waals surface area contributed by atoms with E-state index in [2.05, 4.69) is 50.1 Å². The van der Waals surface area contributed by atoms with Crippen LogP contribution in [-0.4, -0.2) is 50.9 Å². The number of benzene rings is 1. The van der Waals surface area contributed by atoms with E-state index >= 15 is 0 Å². The number of ether oxygens (including phenoxy) is 1. The first-order valence-corrected chi connectivity index (χ1v) is 12.6. The van der Waals surface area contributed by atoms with Gasteiger partial charge in [-0.25, -0.2) is 18.7 Å². The minimum atomic E-state index is -0.937. The summed E-state index contributed by atoms with van der Waals surface area (Å²) in [4.78, 5) is 11.3. The van der Waals surface area contributed by atoms with E-state index in [1.807, 2.05) is 12.4 Å². The lowest BCUT2D eigenvalue weighted by Crippen LogP contribution is -2.34. The second kappa shape index (κ2) is 12.0. The van der Waals surface area contributed by atoms with E-state index < -0.39 is 23.0 Å². The number of nitrogens with zero attached hydrogens (tertiary/aromatic N) is 5. The van der Waals surface area contributed by atoms with Crippen LogP contribution in [0.25, 0.3) is 11.3 Å². The fraction of sp³-hybridized carbons (Fsp3) is 0.462. The molecule has 9 nitrogen and oxygen atoms in total. The first kappa shape index (κ1) is 26.3. The van der Waals surface area contributed by atoms with Gasteiger partial charge in [-0.15, -0.1) is 0 Å². The van der Waals surface area contributed by atoms with E-state index in [0.717, 1.165) is 80.2 Å². The Morgan fingerprint density at radius 1 is 1.19 bits per heavy atom. The molecule has 1 aromatic carbocycles. The zero-order valence-electron chi connectivity index (χ0n) is 21.1. The maximum atomic E-state index is 14.1. The van der Waals surface area contributed by atoms with E-state index in [9.17, 15) is 8.78 Å². The molecule has 198 valence electrons. The first-order valence-electron chi connectivity index (χ1n) is 12.6. The molecule has 1 aliphatic rings. The van der Waals surface area contributed by atoms with E-state index in [-0.39, 0.29) is 5.75 Å². The van der Waals surface area contributed by atoms with Crippen LogP contribution in [0.1, 0.15) is 50.8 Å². The molecule has 1 fully saturated rings.